The second-order valence-electron chi connectivity index (χ2n) is 7.10. The number of nitrogens with zero attached hydrogens (tertiary/aromatic N) is 4. The molecule has 0 spiro atoms. The van der Waals surface area contributed by atoms with E-state index >= 15 is 0 Å². The van der Waals surface area contributed by atoms with Gasteiger partial charge in [0.25, 0.3) is 5.91 Å². The van der Waals surface area contributed by atoms with Crippen LogP contribution in [0.25, 0.3) is 0 Å². The summed E-state index contributed by atoms with van der Waals surface area (Å²) in [6.45, 7) is 7.37. The third kappa shape index (κ3) is 8.17. The first-order valence-corrected chi connectivity index (χ1v) is 9.63. The van der Waals surface area contributed by atoms with Gasteiger partial charge in [-0.15, -0.1) is 24.0 Å². The number of hydrogen-bond donors (Lipinski definition) is 2. The van der Waals surface area contributed by atoms with E-state index in [0.717, 1.165) is 50.8 Å². The molecule has 2 amide bonds. The van der Waals surface area contributed by atoms with Gasteiger partial charge in [0, 0.05) is 79.4 Å². The van der Waals surface area contributed by atoms with Crippen molar-refractivity contribution in [2.24, 2.45) is 4.99 Å². The molecule has 162 valence electrons. The molecule has 0 atom stereocenters. The molecule has 29 heavy (non-hydrogen) atoms. The molecule has 2 rings (SSSR count). The second kappa shape index (κ2) is 12.6. The molecule has 1 aliphatic rings. The van der Waals surface area contributed by atoms with Crippen molar-refractivity contribution in [2.75, 3.05) is 60.4 Å². The maximum Gasteiger partial charge on any atom is 0.253 e. The van der Waals surface area contributed by atoms with Gasteiger partial charge in [-0.2, -0.15) is 0 Å². The zero-order valence-corrected chi connectivity index (χ0v) is 20.1. The fraction of sp³-hybridized carbons (Fsp3) is 0.550. The molecule has 9 heteroatoms. The number of carbonyl (C=O) groups is 2. The maximum atomic E-state index is 11.9. The van der Waals surface area contributed by atoms with Crippen molar-refractivity contribution in [1.82, 2.24) is 25.3 Å². The quantitative estimate of drug-likeness (QED) is 0.333. The number of guanidine groups is 1. The zero-order valence-electron chi connectivity index (χ0n) is 17.8. The minimum atomic E-state index is 0. The van der Waals surface area contributed by atoms with Gasteiger partial charge in [0.2, 0.25) is 5.91 Å². The lowest BCUT2D eigenvalue weighted by atomic mass is 10.1. The van der Waals surface area contributed by atoms with Crippen LogP contribution in [0.15, 0.2) is 29.3 Å². The standard InChI is InChI=1S/C20H32N6O2.HI/c1-16(27)26-13-11-25(12-14-26)10-9-22-20(21-2)23-15-17-5-7-18(8-6-17)19(28)24(3)4;/h5-8H,9-15H2,1-4H3,(H2,21,22,23);1H. The van der Waals surface area contributed by atoms with Crippen LogP contribution >= 0.6 is 24.0 Å². The molecule has 0 aliphatic carbocycles. The van der Waals surface area contributed by atoms with Crippen LogP contribution in [-0.2, 0) is 11.3 Å². The predicted molar refractivity (Wildman–Crippen MR) is 127 cm³/mol. The largest absolute Gasteiger partial charge is 0.355 e. The molecule has 8 nitrogen and oxygen atoms in total. The van der Waals surface area contributed by atoms with Crippen molar-refractivity contribution in [1.29, 1.82) is 0 Å². The van der Waals surface area contributed by atoms with Gasteiger partial charge in [-0.3, -0.25) is 19.5 Å². The highest BCUT2D eigenvalue weighted by Crippen LogP contribution is 2.06. The molecule has 2 N–H and O–H groups in total. The Morgan fingerprint density at radius 3 is 2.21 bits per heavy atom. The van der Waals surface area contributed by atoms with E-state index in [2.05, 4.69) is 20.5 Å². The molecule has 0 unspecified atom stereocenters. The van der Waals surface area contributed by atoms with E-state index in [4.69, 9.17) is 0 Å². The van der Waals surface area contributed by atoms with Crippen LogP contribution in [0.3, 0.4) is 0 Å². The normalized spacial score (nSPS) is 14.8. The van der Waals surface area contributed by atoms with Crippen LogP contribution in [0.4, 0.5) is 0 Å². The first-order chi connectivity index (χ1) is 13.4. The Morgan fingerprint density at radius 1 is 1.07 bits per heavy atom. The first kappa shape index (κ1) is 25.2. The highest BCUT2D eigenvalue weighted by atomic mass is 127. The molecular weight excluding hydrogens is 483 g/mol. The summed E-state index contributed by atoms with van der Waals surface area (Å²) in [4.78, 5) is 33.4. The van der Waals surface area contributed by atoms with Crippen LogP contribution in [-0.4, -0.2) is 92.9 Å². The molecule has 1 aromatic rings. The van der Waals surface area contributed by atoms with Crippen LogP contribution in [0.1, 0.15) is 22.8 Å². The average Bonchev–Trinajstić information content (AvgIpc) is 2.70. The topological polar surface area (TPSA) is 80.3 Å². The molecule has 1 aliphatic heterocycles. The highest BCUT2D eigenvalue weighted by molar-refractivity contribution is 14.0. The number of benzene rings is 1. The van der Waals surface area contributed by atoms with E-state index in [1.54, 1.807) is 33.0 Å². The van der Waals surface area contributed by atoms with E-state index in [1.165, 1.54) is 0 Å². The Hall–Kier alpha value is -1.88. The zero-order chi connectivity index (χ0) is 20.5. The summed E-state index contributed by atoms with van der Waals surface area (Å²) in [6, 6.07) is 7.59. The minimum Gasteiger partial charge on any atom is -0.355 e. The molecular formula is C20H33IN6O2. The second-order valence-corrected chi connectivity index (χ2v) is 7.10. The lowest BCUT2D eigenvalue weighted by Gasteiger charge is -2.34. The Kier molecular flexibility index (Phi) is 11.0. The third-order valence-corrected chi connectivity index (χ3v) is 4.83. The van der Waals surface area contributed by atoms with Gasteiger partial charge in [0.05, 0.1) is 0 Å². The Morgan fingerprint density at radius 2 is 1.69 bits per heavy atom. The Bertz CT molecular complexity index is 685. The van der Waals surface area contributed by atoms with Crippen molar-refractivity contribution < 1.29 is 9.59 Å². The number of piperazine rings is 1. The molecule has 1 saturated heterocycles. The summed E-state index contributed by atoms with van der Waals surface area (Å²) in [7, 11) is 5.24. The van der Waals surface area contributed by atoms with Gasteiger partial charge in [-0.25, -0.2) is 0 Å². The van der Waals surface area contributed by atoms with Gasteiger partial charge < -0.3 is 20.4 Å². The van der Waals surface area contributed by atoms with Gasteiger partial charge in [-0.05, 0) is 17.7 Å². The first-order valence-electron chi connectivity index (χ1n) is 9.63. The number of amides is 2. The van der Waals surface area contributed by atoms with Crippen molar-refractivity contribution >= 4 is 41.8 Å². The van der Waals surface area contributed by atoms with Crippen molar-refractivity contribution in [3.8, 4) is 0 Å². The van der Waals surface area contributed by atoms with Crippen LogP contribution in [0.5, 0.6) is 0 Å². The summed E-state index contributed by atoms with van der Waals surface area (Å²) < 4.78 is 0. The number of rotatable bonds is 6. The van der Waals surface area contributed by atoms with E-state index in [-0.39, 0.29) is 35.8 Å². The van der Waals surface area contributed by atoms with Crippen molar-refractivity contribution in [3.05, 3.63) is 35.4 Å². The molecule has 1 fully saturated rings. The summed E-state index contributed by atoms with van der Waals surface area (Å²) in [5, 5.41) is 6.61. The van der Waals surface area contributed by atoms with Crippen LogP contribution in [0, 0.1) is 0 Å². The molecule has 0 aromatic heterocycles. The van der Waals surface area contributed by atoms with Gasteiger partial charge in [0.15, 0.2) is 5.96 Å². The summed E-state index contributed by atoms with van der Waals surface area (Å²) in [6.07, 6.45) is 0. The monoisotopic (exact) mass is 516 g/mol. The van der Waals surface area contributed by atoms with Crippen LogP contribution < -0.4 is 10.6 Å². The molecule has 0 bridgehead atoms. The Balaban J connectivity index is 0.00000420. The summed E-state index contributed by atoms with van der Waals surface area (Å²) in [5.74, 6) is 0.901. The molecule has 0 saturated carbocycles. The van der Waals surface area contributed by atoms with Gasteiger partial charge >= 0.3 is 0 Å². The van der Waals surface area contributed by atoms with Gasteiger partial charge in [0.1, 0.15) is 0 Å². The van der Waals surface area contributed by atoms with Crippen LogP contribution in [0.2, 0.25) is 0 Å². The Labute approximate surface area is 190 Å². The number of halogens is 1. The maximum absolute atomic E-state index is 11.9. The van der Waals surface area contributed by atoms with E-state index in [1.807, 2.05) is 29.2 Å². The summed E-state index contributed by atoms with van der Waals surface area (Å²) >= 11 is 0. The fourth-order valence-corrected chi connectivity index (χ4v) is 3.05. The van der Waals surface area contributed by atoms with Crippen molar-refractivity contribution in [3.63, 3.8) is 0 Å². The summed E-state index contributed by atoms with van der Waals surface area (Å²) in [5.41, 5.74) is 1.76. The smallest absolute Gasteiger partial charge is 0.253 e. The number of hydrogen-bond acceptors (Lipinski definition) is 4. The number of aliphatic imine (C=N–C) groups is 1. The van der Waals surface area contributed by atoms with E-state index in [9.17, 15) is 9.59 Å². The fourth-order valence-electron chi connectivity index (χ4n) is 3.05. The predicted octanol–water partition coefficient (Wildman–Crippen LogP) is 0.836. The number of carbonyl (C=O) groups excluding carboxylic acids is 2. The van der Waals surface area contributed by atoms with E-state index < -0.39 is 0 Å². The van der Waals surface area contributed by atoms with Crippen molar-refractivity contribution in [2.45, 2.75) is 13.5 Å². The molecule has 1 heterocycles. The lowest BCUT2D eigenvalue weighted by molar-refractivity contribution is -0.130. The molecule has 0 radical (unpaired) electrons. The SMILES string of the molecule is CN=C(NCCN1CCN(C(C)=O)CC1)NCc1ccc(C(=O)N(C)C)cc1.I. The lowest BCUT2D eigenvalue weighted by Crippen LogP contribution is -2.50. The average molecular weight is 516 g/mol. The van der Waals surface area contributed by atoms with E-state index in [0.29, 0.717) is 12.1 Å². The molecule has 1 aromatic carbocycles. The number of nitrogens with one attached hydrogen (secondary N) is 2. The minimum absolute atomic E-state index is 0. The third-order valence-electron chi connectivity index (χ3n) is 4.83. The van der Waals surface area contributed by atoms with Gasteiger partial charge in [-0.1, -0.05) is 12.1 Å². The highest BCUT2D eigenvalue weighted by Gasteiger charge is 2.17.